The molecular formula is C10H12N4O2. The van der Waals surface area contributed by atoms with Crippen LogP contribution in [0.15, 0.2) is 18.5 Å². The van der Waals surface area contributed by atoms with E-state index in [9.17, 15) is 4.79 Å². The predicted octanol–water partition coefficient (Wildman–Crippen LogP) is 0.855. The number of nitrogens with one attached hydrogen (secondary N) is 1. The molecule has 2 rings (SSSR count). The zero-order valence-corrected chi connectivity index (χ0v) is 8.84. The normalized spacial score (nSPS) is 10.6. The fourth-order valence-corrected chi connectivity index (χ4v) is 1.50. The van der Waals surface area contributed by atoms with Crippen LogP contribution >= 0.6 is 0 Å². The zero-order valence-electron chi connectivity index (χ0n) is 8.84. The number of carboxylic acids is 1. The third-order valence-electron chi connectivity index (χ3n) is 2.29. The van der Waals surface area contributed by atoms with Crippen molar-refractivity contribution >= 4 is 22.7 Å². The number of aliphatic carboxylic acids is 1. The molecular weight excluding hydrogens is 208 g/mol. The van der Waals surface area contributed by atoms with Gasteiger partial charge in [0.05, 0.1) is 18.0 Å². The minimum absolute atomic E-state index is 0.0874. The summed E-state index contributed by atoms with van der Waals surface area (Å²) in [7, 11) is 1.82. The molecule has 0 saturated carbocycles. The molecule has 0 radical (unpaired) electrons. The van der Waals surface area contributed by atoms with Crippen LogP contribution in [0.2, 0.25) is 0 Å². The Labute approximate surface area is 91.9 Å². The highest BCUT2D eigenvalue weighted by atomic mass is 16.4. The Hall–Kier alpha value is -2.11. The number of aryl methyl sites for hydroxylation is 1. The minimum atomic E-state index is -0.816. The second-order valence-electron chi connectivity index (χ2n) is 3.43. The van der Waals surface area contributed by atoms with E-state index < -0.39 is 5.97 Å². The molecule has 0 aliphatic heterocycles. The average molecular weight is 220 g/mol. The molecule has 0 unspecified atom stereocenters. The second kappa shape index (κ2) is 4.18. The van der Waals surface area contributed by atoms with E-state index in [0.29, 0.717) is 6.54 Å². The van der Waals surface area contributed by atoms with Crippen LogP contribution in [-0.4, -0.2) is 32.4 Å². The van der Waals surface area contributed by atoms with Gasteiger partial charge in [-0.3, -0.25) is 9.48 Å². The number of pyridine rings is 1. The van der Waals surface area contributed by atoms with Crippen molar-refractivity contribution in [2.24, 2.45) is 7.05 Å². The minimum Gasteiger partial charge on any atom is -0.481 e. The summed E-state index contributed by atoms with van der Waals surface area (Å²) in [4.78, 5) is 14.6. The van der Waals surface area contributed by atoms with Crippen LogP contribution in [0, 0.1) is 0 Å². The SMILES string of the molecule is Cn1ncc2c(NCCC(=O)O)ccnc21. The number of carboxylic acid groups (broad SMARTS) is 1. The van der Waals surface area contributed by atoms with Crippen molar-refractivity contribution in [2.75, 3.05) is 11.9 Å². The average Bonchev–Trinajstić information content (AvgIpc) is 2.61. The molecule has 0 atom stereocenters. The van der Waals surface area contributed by atoms with Crippen molar-refractivity contribution in [3.63, 3.8) is 0 Å². The molecule has 84 valence electrons. The van der Waals surface area contributed by atoms with Gasteiger partial charge in [-0.2, -0.15) is 5.10 Å². The summed E-state index contributed by atoms with van der Waals surface area (Å²) in [6.07, 6.45) is 3.47. The van der Waals surface area contributed by atoms with E-state index in [0.717, 1.165) is 16.7 Å². The third-order valence-corrected chi connectivity index (χ3v) is 2.29. The zero-order chi connectivity index (χ0) is 11.5. The monoisotopic (exact) mass is 220 g/mol. The van der Waals surface area contributed by atoms with Crippen LogP contribution in [0.25, 0.3) is 11.0 Å². The molecule has 2 aromatic heterocycles. The highest BCUT2D eigenvalue weighted by molar-refractivity contribution is 5.88. The lowest BCUT2D eigenvalue weighted by Gasteiger charge is -2.05. The topological polar surface area (TPSA) is 80.0 Å². The first kappa shape index (κ1) is 10.4. The molecule has 0 bridgehead atoms. The lowest BCUT2D eigenvalue weighted by Crippen LogP contribution is -2.07. The summed E-state index contributed by atoms with van der Waals surface area (Å²) in [5.41, 5.74) is 1.64. The van der Waals surface area contributed by atoms with Gasteiger partial charge in [0.2, 0.25) is 0 Å². The van der Waals surface area contributed by atoms with Crippen molar-refractivity contribution in [3.8, 4) is 0 Å². The quantitative estimate of drug-likeness (QED) is 0.798. The summed E-state index contributed by atoms with van der Waals surface area (Å²) in [6, 6.07) is 1.81. The largest absolute Gasteiger partial charge is 0.481 e. The molecule has 0 aliphatic carbocycles. The lowest BCUT2D eigenvalue weighted by atomic mass is 10.3. The maximum Gasteiger partial charge on any atom is 0.305 e. The number of hydrogen-bond acceptors (Lipinski definition) is 4. The smallest absolute Gasteiger partial charge is 0.305 e. The first-order valence-corrected chi connectivity index (χ1v) is 4.91. The van der Waals surface area contributed by atoms with E-state index in [1.54, 1.807) is 17.1 Å². The molecule has 0 fully saturated rings. The van der Waals surface area contributed by atoms with Crippen LogP contribution in [0.3, 0.4) is 0 Å². The molecule has 2 heterocycles. The van der Waals surface area contributed by atoms with Gasteiger partial charge >= 0.3 is 5.97 Å². The van der Waals surface area contributed by atoms with Crippen LogP contribution in [0.5, 0.6) is 0 Å². The van der Waals surface area contributed by atoms with E-state index >= 15 is 0 Å². The van der Waals surface area contributed by atoms with Gasteiger partial charge in [0, 0.05) is 25.5 Å². The standard InChI is InChI=1S/C10H12N4O2/c1-14-10-7(6-13-14)8(2-4-12-10)11-5-3-9(15)16/h2,4,6H,3,5H2,1H3,(H,11,12)(H,15,16). The lowest BCUT2D eigenvalue weighted by molar-refractivity contribution is -0.136. The fourth-order valence-electron chi connectivity index (χ4n) is 1.50. The maximum absolute atomic E-state index is 10.4. The molecule has 2 aromatic rings. The van der Waals surface area contributed by atoms with Crippen molar-refractivity contribution in [3.05, 3.63) is 18.5 Å². The summed E-state index contributed by atoms with van der Waals surface area (Å²) in [5, 5.41) is 16.6. The number of aromatic nitrogens is 3. The van der Waals surface area contributed by atoms with Gasteiger partial charge in [-0.25, -0.2) is 4.98 Å². The predicted molar refractivity (Wildman–Crippen MR) is 59.3 cm³/mol. The molecule has 2 N–H and O–H groups in total. The Morgan fingerprint density at radius 1 is 1.62 bits per heavy atom. The Morgan fingerprint density at radius 2 is 2.44 bits per heavy atom. The van der Waals surface area contributed by atoms with Crippen LogP contribution in [-0.2, 0) is 11.8 Å². The second-order valence-corrected chi connectivity index (χ2v) is 3.43. The van der Waals surface area contributed by atoms with Crippen molar-refractivity contribution in [1.82, 2.24) is 14.8 Å². The number of hydrogen-bond donors (Lipinski definition) is 2. The first-order valence-electron chi connectivity index (χ1n) is 4.91. The molecule has 16 heavy (non-hydrogen) atoms. The highest BCUT2D eigenvalue weighted by Gasteiger charge is 2.05. The number of rotatable bonds is 4. The van der Waals surface area contributed by atoms with Gasteiger partial charge in [-0.15, -0.1) is 0 Å². The van der Waals surface area contributed by atoms with Gasteiger partial charge in [-0.05, 0) is 6.07 Å². The Kier molecular flexibility index (Phi) is 2.72. The summed E-state index contributed by atoms with van der Waals surface area (Å²) in [5.74, 6) is -0.816. The van der Waals surface area contributed by atoms with E-state index in [4.69, 9.17) is 5.11 Å². The van der Waals surface area contributed by atoms with Crippen LogP contribution in [0.4, 0.5) is 5.69 Å². The Balaban J connectivity index is 2.20. The Morgan fingerprint density at radius 3 is 3.19 bits per heavy atom. The van der Waals surface area contributed by atoms with Crippen LogP contribution in [0.1, 0.15) is 6.42 Å². The Bertz CT molecular complexity index is 521. The summed E-state index contributed by atoms with van der Waals surface area (Å²) >= 11 is 0. The molecule has 0 aromatic carbocycles. The maximum atomic E-state index is 10.4. The highest BCUT2D eigenvalue weighted by Crippen LogP contribution is 2.20. The number of fused-ring (bicyclic) bond motifs is 1. The molecule has 0 aliphatic rings. The van der Waals surface area contributed by atoms with Gasteiger partial charge in [-0.1, -0.05) is 0 Å². The van der Waals surface area contributed by atoms with Gasteiger partial charge < -0.3 is 10.4 Å². The van der Waals surface area contributed by atoms with E-state index in [-0.39, 0.29) is 6.42 Å². The van der Waals surface area contributed by atoms with Crippen molar-refractivity contribution in [1.29, 1.82) is 0 Å². The van der Waals surface area contributed by atoms with E-state index in [2.05, 4.69) is 15.4 Å². The van der Waals surface area contributed by atoms with Gasteiger partial charge in [0.1, 0.15) is 0 Å². The fraction of sp³-hybridized carbons (Fsp3) is 0.300. The number of nitrogens with zero attached hydrogens (tertiary/aromatic N) is 3. The molecule has 6 heteroatoms. The van der Waals surface area contributed by atoms with Gasteiger partial charge in [0.15, 0.2) is 5.65 Å². The van der Waals surface area contributed by atoms with Crippen molar-refractivity contribution in [2.45, 2.75) is 6.42 Å². The van der Waals surface area contributed by atoms with E-state index in [1.165, 1.54) is 0 Å². The number of carbonyl (C=O) groups is 1. The molecule has 0 amide bonds. The van der Waals surface area contributed by atoms with Crippen molar-refractivity contribution < 1.29 is 9.90 Å². The van der Waals surface area contributed by atoms with Crippen LogP contribution < -0.4 is 5.32 Å². The molecule has 0 saturated heterocycles. The third kappa shape index (κ3) is 1.95. The molecule has 0 spiro atoms. The summed E-state index contributed by atoms with van der Waals surface area (Å²) < 4.78 is 1.68. The van der Waals surface area contributed by atoms with Gasteiger partial charge in [0.25, 0.3) is 0 Å². The van der Waals surface area contributed by atoms with E-state index in [1.807, 2.05) is 13.1 Å². The number of anilines is 1. The summed E-state index contributed by atoms with van der Waals surface area (Å²) in [6.45, 7) is 0.392. The first-order chi connectivity index (χ1) is 7.68. The molecule has 6 nitrogen and oxygen atoms in total.